The van der Waals surface area contributed by atoms with Crippen LogP contribution >= 0.6 is 22.6 Å². The van der Waals surface area contributed by atoms with E-state index in [4.69, 9.17) is 4.74 Å². The molecule has 3 heterocycles. The molecular formula is C21H30IN3O4S. The molecule has 9 heteroatoms. The van der Waals surface area contributed by atoms with Crippen molar-refractivity contribution >= 4 is 44.3 Å². The maximum atomic E-state index is 12.6. The molecule has 0 bridgehead atoms. The van der Waals surface area contributed by atoms with Crippen molar-refractivity contribution in [3.05, 3.63) is 27.8 Å². The third-order valence-corrected chi connectivity index (χ3v) is 8.83. The van der Waals surface area contributed by atoms with Crippen LogP contribution in [-0.4, -0.2) is 81.8 Å². The number of halogens is 1. The molecule has 3 fully saturated rings. The Morgan fingerprint density at radius 1 is 1.07 bits per heavy atom. The SMILES string of the molecule is CS(=O)(=O)N1CCC2(CC1)CC(CCN1CCN(c3ccc(I)cc3)CC1)OC2=O. The molecule has 1 unspecified atom stereocenters. The van der Waals surface area contributed by atoms with Crippen molar-refractivity contribution in [2.24, 2.45) is 5.41 Å². The van der Waals surface area contributed by atoms with Crippen LogP contribution in [0.3, 0.4) is 0 Å². The molecule has 4 rings (SSSR count). The zero-order chi connectivity index (χ0) is 21.4. The van der Waals surface area contributed by atoms with E-state index in [-0.39, 0.29) is 12.1 Å². The van der Waals surface area contributed by atoms with Gasteiger partial charge in [0.25, 0.3) is 0 Å². The molecule has 0 saturated carbocycles. The van der Waals surface area contributed by atoms with Crippen molar-refractivity contribution < 1.29 is 17.9 Å². The summed E-state index contributed by atoms with van der Waals surface area (Å²) in [5.41, 5.74) is 0.803. The summed E-state index contributed by atoms with van der Waals surface area (Å²) in [5.74, 6) is -0.121. The van der Waals surface area contributed by atoms with E-state index in [1.807, 2.05) is 0 Å². The van der Waals surface area contributed by atoms with Crippen LogP contribution in [0.1, 0.15) is 25.7 Å². The van der Waals surface area contributed by atoms with Gasteiger partial charge in [0.2, 0.25) is 10.0 Å². The number of ether oxygens (including phenoxy) is 1. The first kappa shape index (κ1) is 22.3. The second-order valence-electron chi connectivity index (χ2n) is 8.77. The lowest BCUT2D eigenvalue weighted by atomic mass is 9.76. The van der Waals surface area contributed by atoms with Gasteiger partial charge in [-0.05, 0) is 66.1 Å². The van der Waals surface area contributed by atoms with E-state index in [9.17, 15) is 13.2 Å². The van der Waals surface area contributed by atoms with Gasteiger partial charge < -0.3 is 9.64 Å². The summed E-state index contributed by atoms with van der Waals surface area (Å²) in [6.07, 6.45) is 3.92. The zero-order valence-electron chi connectivity index (χ0n) is 17.4. The van der Waals surface area contributed by atoms with Gasteiger partial charge in [-0.15, -0.1) is 0 Å². The Morgan fingerprint density at radius 2 is 1.70 bits per heavy atom. The molecule has 1 aromatic rings. The highest BCUT2D eigenvalue weighted by molar-refractivity contribution is 14.1. The summed E-state index contributed by atoms with van der Waals surface area (Å²) in [4.78, 5) is 17.5. The number of sulfonamides is 1. The summed E-state index contributed by atoms with van der Waals surface area (Å²) in [7, 11) is -3.18. The Hall–Kier alpha value is -0.910. The van der Waals surface area contributed by atoms with E-state index in [0.717, 1.165) is 45.6 Å². The van der Waals surface area contributed by atoms with Gasteiger partial charge in [-0.1, -0.05) is 0 Å². The number of benzene rings is 1. The standard InChI is InChI=1S/C21H30IN3O4S/c1-30(27,28)25-10-7-21(8-11-25)16-19(29-20(21)26)6-9-23-12-14-24(15-13-23)18-4-2-17(22)3-5-18/h2-5,19H,6-16H2,1H3. The topological polar surface area (TPSA) is 70.2 Å². The predicted octanol–water partition coefficient (Wildman–Crippen LogP) is 2.16. The highest BCUT2D eigenvalue weighted by Crippen LogP contribution is 2.44. The van der Waals surface area contributed by atoms with Crippen LogP contribution in [0.2, 0.25) is 0 Å². The van der Waals surface area contributed by atoms with Crippen molar-refractivity contribution in [1.29, 1.82) is 0 Å². The van der Waals surface area contributed by atoms with E-state index in [2.05, 4.69) is 56.7 Å². The number of piperazine rings is 1. The van der Waals surface area contributed by atoms with Crippen LogP contribution in [0, 0.1) is 8.99 Å². The van der Waals surface area contributed by atoms with Crippen LogP contribution in [0.4, 0.5) is 5.69 Å². The first-order valence-corrected chi connectivity index (χ1v) is 13.6. The summed E-state index contributed by atoms with van der Waals surface area (Å²) in [5, 5.41) is 0. The molecule has 30 heavy (non-hydrogen) atoms. The van der Waals surface area contributed by atoms with Crippen molar-refractivity contribution in [1.82, 2.24) is 9.21 Å². The second-order valence-corrected chi connectivity index (χ2v) is 12.0. The highest BCUT2D eigenvalue weighted by atomic mass is 127. The Balaban J connectivity index is 1.23. The Labute approximate surface area is 192 Å². The van der Waals surface area contributed by atoms with E-state index in [0.29, 0.717) is 25.9 Å². The van der Waals surface area contributed by atoms with Crippen LogP contribution in [0.25, 0.3) is 0 Å². The Morgan fingerprint density at radius 3 is 2.30 bits per heavy atom. The molecule has 1 spiro atoms. The van der Waals surface area contributed by atoms with Crippen LogP contribution in [-0.2, 0) is 19.6 Å². The van der Waals surface area contributed by atoms with Gasteiger partial charge in [-0.3, -0.25) is 9.69 Å². The lowest BCUT2D eigenvalue weighted by molar-refractivity contribution is -0.150. The molecule has 1 aromatic carbocycles. The van der Waals surface area contributed by atoms with Crippen molar-refractivity contribution in [2.45, 2.75) is 31.8 Å². The van der Waals surface area contributed by atoms with Crippen molar-refractivity contribution in [3.63, 3.8) is 0 Å². The summed E-state index contributed by atoms with van der Waals surface area (Å²) in [6, 6.07) is 8.66. The number of hydrogen-bond donors (Lipinski definition) is 0. The molecular weight excluding hydrogens is 517 g/mol. The number of piperidine rings is 1. The second kappa shape index (κ2) is 8.91. The first-order valence-electron chi connectivity index (χ1n) is 10.6. The molecule has 0 N–H and O–H groups in total. The fraction of sp³-hybridized carbons (Fsp3) is 0.667. The average molecular weight is 547 g/mol. The minimum atomic E-state index is -3.18. The number of carbonyl (C=O) groups excluding carboxylic acids is 1. The summed E-state index contributed by atoms with van der Waals surface area (Å²) >= 11 is 2.33. The smallest absolute Gasteiger partial charge is 0.312 e. The summed E-state index contributed by atoms with van der Waals surface area (Å²) in [6.45, 7) is 5.82. The van der Waals surface area contributed by atoms with Gasteiger partial charge in [-0.25, -0.2) is 12.7 Å². The fourth-order valence-electron chi connectivity index (χ4n) is 4.86. The molecule has 0 aliphatic carbocycles. The fourth-order valence-corrected chi connectivity index (χ4v) is 6.07. The molecule has 3 aliphatic heterocycles. The van der Waals surface area contributed by atoms with Crippen molar-refractivity contribution in [3.8, 4) is 0 Å². The minimum absolute atomic E-state index is 0.0449. The largest absolute Gasteiger partial charge is 0.462 e. The minimum Gasteiger partial charge on any atom is -0.462 e. The van der Waals surface area contributed by atoms with E-state index in [1.54, 1.807) is 0 Å². The lowest BCUT2D eigenvalue weighted by Gasteiger charge is -2.36. The third kappa shape index (κ3) is 4.94. The van der Waals surface area contributed by atoms with Gasteiger partial charge in [0.1, 0.15) is 6.10 Å². The molecule has 7 nitrogen and oxygen atoms in total. The summed E-state index contributed by atoms with van der Waals surface area (Å²) < 4.78 is 31.9. The number of carbonyl (C=O) groups is 1. The van der Waals surface area contributed by atoms with Gasteiger partial charge in [0.15, 0.2) is 0 Å². The quantitative estimate of drug-likeness (QED) is 0.416. The van der Waals surface area contributed by atoms with Crippen molar-refractivity contribution in [2.75, 3.05) is 57.0 Å². The number of rotatable bonds is 5. The van der Waals surface area contributed by atoms with Crippen LogP contribution in [0.5, 0.6) is 0 Å². The Bertz CT molecular complexity index is 861. The van der Waals surface area contributed by atoms with Crippen LogP contribution in [0.15, 0.2) is 24.3 Å². The monoisotopic (exact) mass is 547 g/mol. The van der Waals surface area contributed by atoms with Gasteiger partial charge in [0.05, 0.1) is 11.7 Å². The number of hydrogen-bond acceptors (Lipinski definition) is 6. The number of cyclic esters (lactones) is 1. The lowest BCUT2D eigenvalue weighted by Crippen LogP contribution is -2.47. The van der Waals surface area contributed by atoms with E-state index in [1.165, 1.54) is 19.8 Å². The first-order chi connectivity index (χ1) is 14.2. The van der Waals surface area contributed by atoms with Gasteiger partial charge >= 0.3 is 5.97 Å². The normalized spacial score (nSPS) is 25.6. The molecule has 3 saturated heterocycles. The predicted molar refractivity (Wildman–Crippen MR) is 125 cm³/mol. The number of esters is 1. The van der Waals surface area contributed by atoms with Crippen LogP contribution < -0.4 is 4.90 Å². The molecule has 0 amide bonds. The number of nitrogens with zero attached hydrogens (tertiary/aromatic N) is 3. The number of anilines is 1. The van der Waals surface area contributed by atoms with Gasteiger partial charge in [-0.2, -0.15) is 0 Å². The molecule has 0 aromatic heterocycles. The van der Waals surface area contributed by atoms with E-state index < -0.39 is 15.4 Å². The molecule has 0 radical (unpaired) electrons. The third-order valence-electron chi connectivity index (χ3n) is 6.81. The van der Waals surface area contributed by atoms with Gasteiger partial charge in [0, 0.05) is 61.5 Å². The molecule has 3 aliphatic rings. The average Bonchev–Trinajstić information content (AvgIpc) is 3.02. The molecule has 1 atom stereocenters. The Kier molecular flexibility index (Phi) is 6.62. The highest BCUT2D eigenvalue weighted by Gasteiger charge is 2.51. The maximum absolute atomic E-state index is 12.6. The van der Waals surface area contributed by atoms with E-state index >= 15 is 0 Å². The maximum Gasteiger partial charge on any atom is 0.312 e. The molecule has 166 valence electrons. The zero-order valence-corrected chi connectivity index (χ0v) is 20.4.